The standard InChI is InChI=1S/C11H16FNS/c1-8(7-14-3)6-10-9(2)4-5-11(12)13-10/h4-5,8H,6-7H2,1-3H3. The normalized spacial score (nSPS) is 12.9. The fourth-order valence-corrected chi connectivity index (χ4v) is 2.11. The second-order valence-corrected chi connectivity index (χ2v) is 4.57. The molecule has 1 heterocycles. The molecule has 0 aromatic carbocycles. The number of nitrogens with zero attached hydrogens (tertiary/aromatic N) is 1. The Kier molecular flexibility index (Phi) is 4.39. The maximum absolute atomic E-state index is 12.9. The molecular formula is C11H16FNS. The van der Waals surface area contributed by atoms with Crippen LogP contribution in [0.1, 0.15) is 18.2 Å². The number of aromatic nitrogens is 1. The molecule has 14 heavy (non-hydrogen) atoms. The van der Waals surface area contributed by atoms with Crippen molar-refractivity contribution in [1.82, 2.24) is 4.98 Å². The molecule has 1 unspecified atom stereocenters. The number of pyridine rings is 1. The Morgan fingerprint density at radius 3 is 2.86 bits per heavy atom. The molecule has 0 saturated heterocycles. The molecule has 0 aliphatic heterocycles. The van der Waals surface area contributed by atoms with E-state index in [-0.39, 0.29) is 5.95 Å². The molecule has 0 amide bonds. The smallest absolute Gasteiger partial charge is 0.213 e. The number of aryl methyl sites for hydroxylation is 1. The van der Waals surface area contributed by atoms with Gasteiger partial charge in [0.1, 0.15) is 0 Å². The largest absolute Gasteiger partial charge is 0.225 e. The molecule has 1 nitrogen and oxygen atoms in total. The van der Waals surface area contributed by atoms with Crippen LogP contribution in [0, 0.1) is 18.8 Å². The Morgan fingerprint density at radius 1 is 1.50 bits per heavy atom. The Bertz CT molecular complexity index is 301. The number of hydrogen-bond acceptors (Lipinski definition) is 2. The third-order valence-corrected chi connectivity index (χ3v) is 3.06. The van der Waals surface area contributed by atoms with Gasteiger partial charge in [-0.05, 0) is 42.9 Å². The molecule has 0 fully saturated rings. The van der Waals surface area contributed by atoms with Gasteiger partial charge in [0.05, 0.1) is 0 Å². The van der Waals surface area contributed by atoms with Crippen molar-refractivity contribution in [3.8, 4) is 0 Å². The lowest BCUT2D eigenvalue weighted by Crippen LogP contribution is -2.06. The van der Waals surface area contributed by atoms with E-state index in [0.29, 0.717) is 5.92 Å². The summed E-state index contributed by atoms with van der Waals surface area (Å²) in [5.41, 5.74) is 1.98. The fourth-order valence-electron chi connectivity index (χ4n) is 1.42. The van der Waals surface area contributed by atoms with E-state index in [4.69, 9.17) is 0 Å². The number of thioether (sulfide) groups is 1. The molecule has 3 heteroatoms. The van der Waals surface area contributed by atoms with Gasteiger partial charge in [0, 0.05) is 5.69 Å². The minimum absolute atomic E-state index is 0.373. The molecule has 0 saturated carbocycles. The summed E-state index contributed by atoms with van der Waals surface area (Å²) in [6.07, 6.45) is 2.95. The zero-order valence-corrected chi connectivity index (χ0v) is 9.70. The molecule has 0 aliphatic rings. The third kappa shape index (κ3) is 3.29. The second-order valence-electron chi connectivity index (χ2n) is 3.66. The van der Waals surface area contributed by atoms with E-state index in [2.05, 4.69) is 18.2 Å². The summed E-state index contributed by atoms with van der Waals surface area (Å²) in [6.45, 7) is 4.15. The topological polar surface area (TPSA) is 12.9 Å². The van der Waals surface area contributed by atoms with Crippen molar-refractivity contribution in [2.75, 3.05) is 12.0 Å². The third-order valence-electron chi connectivity index (χ3n) is 2.16. The quantitative estimate of drug-likeness (QED) is 0.713. The van der Waals surface area contributed by atoms with Gasteiger partial charge in [0.2, 0.25) is 5.95 Å². The maximum atomic E-state index is 12.9. The summed E-state index contributed by atoms with van der Waals surface area (Å²) in [7, 11) is 0. The van der Waals surface area contributed by atoms with Crippen molar-refractivity contribution < 1.29 is 4.39 Å². The van der Waals surface area contributed by atoms with Crippen LogP contribution in [0.25, 0.3) is 0 Å². The first kappa shape index (κ1) is 11.5. The van der Waals surface area contributed by atoms with Crippen molar-refractivity contribution in [2.24, 2.45) is 5.92 Å². The molecule has 1 atom stereocenters. The van der Waals surface area contributed by atoms with E-state index in [1.807, 2.05) is 18.7 Å². The highest BCUT2D eigenvalue weighted by atomic mass is 32.2. The SMILES string of the molecule is CSCC(C)Cc1nc(F)ccc1C. The van der Waals surface area contributed by atoms with Gasteiger partial charge in [-0.3, -0.25) is 0 Å². The average molecular weight is 213 g/mol. The van der Waals surface area contributed by atoms with Crippen LogP contribution in [0.5, 0.6) is 0 Å². The van der Waals surface area contributed by atoms with Gasteiger partial charge >= 0.3 is 0 Å². The van der Waals surface area contributed by atoms with Crippen LogP contribution in [0.3, 0.4) is 0 Å². The monoisotopic (exact) mass is 213 g/mol. The van der Waals surface area contributed by atoms with Crippen molar-refractivity contribution in [1.29, 1.82) is 0 Å². The number of rotatable bonds is 4. The van der Waals surface area contributed by atoms with Crippen molar-refractivity contribution in [3.05, 3.63) is 29.3 Å². The lowest BCUT2D eigenvalue weighted by atomic mass is 10.0. The van der Waals surface area contributed by atoms with Gasteiger partial charge in [-0.1, -0.05) is 13.0 Å². The molecule has 0 radical (unpaired) electrons. The highest BCUT2D eigenvalue weighted by Crippen LogP contribution is 2.14. The lowest BCUT2D eigenvalue weighted by molar-refractivity contribution is 0.561. The van der Waals surface area contributed by atoms with Gasteiger partial charge in [-0.25, -0.2) is 4.98 Å². The summed E-state index contributed by atoms with van der Waals surface area (Å²) < 4.78 is 12.9. The zero-order valence-electron chi connectivity index (χ0n) is 8.88. The summed E-state index contributed by atoms with van der Waals surface area (Å²) in [4.78, 5) is 3.92. The Hall–Kier alpha value is -0.570. The first-order chi connectivity index (χ1) is 6.63. The van der Waals surface area contributed by atoms with E-state index in [9.17, 15) is 4.39 Å². The van der Waals surface area contributed by atoms with Crippen LogP contribution in [0.15, 0.2) is 12.1 Å². The zero-order chi connectivity index (χ0) is 10.6. The highest BCUT2D eigenvalue weighted by molar-refractivity contribution is 7.98. The van der Waals surface area contributed by atoms with E-state index in [1.165, 1.54) is 6.07 Å². The molecule has 0 aliphatic carbocycles. The first-order valence-corrected chi connectivity index (χ1v) is 6.14. The van der Waals surface area contributed by atoms with Gasteiger partial charge in [-0.2, -0.15) is 16.2 Å². The molecule has 1 aromatic rings. The predicted octanol–water partition coefficient (Wildman–Crippen LogP) is 3.07. The number of halogens is 1. The molecule has 0 spiro atoms. The van der Waals surface area contributed by atoms with Gasteiger partial charge in [0.15, 0.2) is 0 Å². The average Bonchev–Trinajstić information content (AvgIpc) is 2.12. The van der Waals surface area contributed by atoms with Crippen molar-refractivity contribution >= 4 is 11.8 Å². The Balaban J connectivity index is 2.70. The summed E-state index contributed by atoms with van der Waals surface area (Å²) in [5.74, 6) is 1.28. The van der Waals surface area contributed by atoms with Crippen molar-refractivity contribution in [3.63, 3.8) is 0 Å². The number of hydrogen-bond donors (Lipinski definition) is 0. The molecule has 1 aromatic heterocycles. The van der Waals surface area contributed by atoms with Gasteiger partial charge < -0.3 is 0 Å². The fraction of sp³-hybridized carbons (Fsp3) is 0.545. The van der Waals surface area contributed by atoms with Gasteiger partial charge in [0.25, 0.3) is 0 Å². The summed E-state index contributed by atoms with van der Waals surface area (Å²) in [6, 6.07) is 3.21. The maximum Gasteiger partial charge on any atom is 0.213 e. The van der Waals surface area contributed by atoms with Crippen LogP contribution in [0.2, 0.25) is 0 Å². The summed E-state index contributed by atoms with van der Waals surface area (Å²) >= 11 is 1.82. The van der Waals surface area contributed by atoms with Crippen molar-refractivity contribution in [2.45, 2.75) is 20.3 Å². The second kappa shape index (κ2) is 5.35. The Morgan fingerprint density at radius 2 is 2.21 bits per heavy atom. The van der Waals surface area contributed by atoms with Gasteiger partial charge in [-0.15, -0.1) is 0 Å². The van der Waals surface area contributed by atoms with E-state index < -0.39 is 0 Å². The van der Waals surface area contributed by atoms with E-state index in [0.717, 1.165) is 23.4 Å². The lowest BCUT2D eigenvalue weighted by Gasteiger charge is -2.10. The molecular weight excluding hydrogens is 197 g/mol. The van der Waals surface area contributed by atoms with E-state index in [1.54, 1.807) is 6.07 Å². The molecule has 0 N–H and O–H groups in total. The minimum atomic E-state index is -0.373. The highest BCUT2D eigenvalue weighted by Gasteiger charge is 2.07. The van der Waals surface area contributed by atoms with Crippen LogP contribution < -0.4 is 0 Å². The van der Waals surface area contributed by atoms with Crippen LogP contribution >= 0.6 is 11.8 Å². The molecule has 0 bridgehead atoms. The van der Waals surface area contributed by atoms with Crippen LogP contribution in [-0.4, -0.2) is 17.0 Å². The first-order valence-electron chi connectivity index (χ1n) is 4.74. The summed E-state index contributed by atoms with van der Waals surface area (Å²) in [5, 5.41) is 0. The minimum Gasteiger partial charge on any atom is -0.225 e. The predicted molar refractivity (Wildman–Crippen MR) is 60.2 cm³/mol. The molecule has 78 valence electrons. The van der Waals surface area contributed by atoms with Crippen LogP contribution in [-0.2, 0) is 6.42 Å². The van der Waals surface area contributed by atoms with Crippen LogP contribution in [0.4, 0.5) is 4.39 Å². The molecule has 1 rings (SSSR count). The Labute approximate surface area is 89.1 Å². The van der Waals surface area contributed by atoms with E-state index >= 15 is 0 Å².